The van der Waals surface area contributed by atoms with Crippen molar-refractivity contribution in [2.75, 3.05) is 11.1 Å². The van der Waals surface area contributed by atoms with Crippen LogP contribution in [0, 0.1) is 17.5 Å². The van der Waals surface area contributed by atoms with E-state index in [1.54, 1.807) is 0 Å². The van der Waals surface area contributed by atoms with E-state index in [4.69, 9.17) is 0 Å². The molecule has 2 rings (SSSR count). The molecule has 7 heteroatoms. The van der Waals surface area contributed by atoms with Crippen LogP contribution in [-0.2, 0) is 4.79 Å². The molecule has 2 nitrogen and oxygen atoms in total. The minimum absolute atomic E-state index is 0.253. The van der Waals surface area contributed by atoms with Crippen molar-refractivity contribution < 1.29 is 18.0 Å². The number of carbonyl (C=O) groups excluding carboxylic acids is 1. The smallest absolute Gasteiger partial charge is 0.224 e. The van der Waals surface area contributed by atoms with Crippen molar-refractivity contribution >= 4 is 33.2 Å². The Labute approximate surface area is 129 Å². The molecule has 1 fully saturated rings. The number of hydrogen-bond acceptors (Lipinski definition) is 3. The molecule has 1 aromatic rings. The van der Waals surface area contributed by atoms with E-state index in [9.17, 15) is 18.0 Å². The third-order valence-corrected chi connectivity index (χ3v) is 6.22. The maximum atomic E-state index is 13.4. The summed E-state index contributed by atoms with van der Waals surface area (Å²) in [7, 11) is 3.78. The first-order chi connectivity index (χ1) is 10.1. The minimum atomic E-state index is -1.57. The average Bonchev–Trinajstić information content (AvgIpc) is 2.98. The molecule has 0 aromatic heterocycles. The van der Waals surface area contributed by atoms with E-state index in [-0.39, 0.29) is 18.0 Å². The van der Waals surface area contributed by atoms with Crippen LogP contribution in [0.5, 0.6) is 0 Å². The van der Waals surface area contributed by atoms with Gasteiger partial charge in [-0.05, 0) is 31.4 Å². The van der Waals surface area contributed by atoms with Crippen LogP contribution in [0.3, 0.4) is 0 Å². The van der Waals surface area contributed by atoms with Crippen molar-refractivity contribution in [3.05, 3.63) is 29.6 Å². The number of carbonyl (C=O) groups is 1. The molecular formula is C14H16F3NOS2. The van der Waals surface area contributed by atoms with E-state index in [1.165, 1.54) is 12.2 Å². The van der Waals surface area contributed by atoms with Crippen LogP contribution in [0.4, 0.5) is 18.9 Å². The maximum Gasteiger partial charge on any atom is 0.224 e. The molecule has 0 unspecified atom stereocenters. The zero-order chi connectivity index (χ0) is 15.2. The Morgan fingerprint density at radius 3 is 2.76 bits per heavy atom. The summed E-state index contributed by atoms with van der Waals surface area (Å²) < 4.78 is 39.2. The summed E-state index contributed by atoms with van der Waals surface area (Å²) in [6.07, 6.45) is 4.18. The van der Waals surface area contributed by atoms with Crippen molar-refractivity contribution in [3.8, 4) is 0 Å². The van der Waals surface area contributed by atoms with Gasteiger partial charge < -0.3 is 5.32 Å². The second kappa shape index (κ2) is 7.98. The molecule has 1 aliphatic rings. The molecule has 1 N–H and O–H groups in total. The van der Waals surface area contributed by atoms with Gasteiger partial charge in [-0.3, -0.25) is 4.79 Å². The Morgan fingerprint density at radius 2 is 2.05 bits per heavy atom. The molecule has 1 atom stereocenters. The quantitative estimate of drug-likeness (QED) is 0.462. The lowest BCUT2D eigenvalue weighted by atomic mass is 10.1. The summed E-state index contributed by atoms with van der Waals surface area (Å²) in [5, 5.41) is 2.95. The number of unbranched alkanes of at least 4 members (excludes halogenated alkanes) is 1. The highest BCUT2D eigenvalue weighted by Crippen LogP contribution is 2.39. The van der Waals surface area contributed by atoms with E-state index < -0.39 is 17.5 Å². The Bertz CT molecular complexity index is 507. The van der Waals surface area contributed by atoms with Gasteiger partial charge in [-0.2, -0.15) is 0 Å². The highest BCUT2D eigenvalue weighted by Gasteiger charge is 2.17. The van der Waals surface area contributed by atoms with Gasteiger partial charge in [-0.1, -0.05) is 28.0 Å². The van der Waals surface area contributed by atoms with E-state index in [0.29, 0.717) is 11.7 Å². The molecule has 0 bridgehead atoms. The lowest BCUT2D eigenvalue weighted by Gasteiger charge is -2.08. The number of nitrogens with one attached hydrogen (secondary N) is 1. The van der Waals surface area contributed by atoms with Gasteiger partial charge in [0, 0.05) is 17.4 Å². The highest BCUT2D eigenvalue weighted by atomic mass is 33.1. The zero-order valence-electron chi connectivity index (χ0n) is 11.3. The fraction of sp³-hybridized carbons (Fsp3) is 0.500. The van der Waals surface area contributed by atoms with Crippen molar-refractivity contribution in [1.82, 2.24) is 0 Å². The lowest BCUT2D eigenvalue weighted by Crippen LogP contribution is -2.13. The molecule has 21 heavy (non-hydrogen) atoms. The molecule has 0 radical (unpaired) electrons. The normalized spacial score (nSPS) is 18.0. The van der Waals surface area contributed by atoms with Crippen LogP contribution in [-0.4, -0.2) is 16.9 Å². The Balaban J connectivity index is 1.73. The topological polar surface area (TPSA) is 29.1 Å². The van der Waals surface area contributed by atoms with E-state index in [0.717, 1.165) is 25.0 Å². The second-order valence-electron chi connectivity index (χ2n) is 4.85. The molecule has 1 saturated heterocycles. The average molecular weight is 335 g/mol. The monoisotopic (exact) mass is 335 g/mol. The van der Waals surface area contributed by atoms with Gasteiger partial charge in [0.05, 0.1) is 5.69 Å². The first-order valence-corrected chi connectivity index (χ1v) is 9.17. The van der Waals surface area contributed by atoms with Gasteiger partial charge >= 0.3 is 0 Å². The molecule has 1 aromatic carbocycles. The number of rotatable bonds is 6. The molecule has 116 valence electrons. The summed E-state index contributed by atoms with van der Waals surface area (Å²) in [6.45, 7) is 0. The first-order valence-electron chi connectivity index (χ1n) is 6.79. The molecule has 0 aliphatic carbocycles. The largest absolute Gasteiger partial charge is 0.324 e. The van der Waals surface area contributed by atoms with Crippen LogP contribution in [0.25, 0.3) is 0 Å². The van der Waals surface area contributed by atoms with Gasteiger partial charge in [0.1, 0.15) is 0 Å². The van der Waals surface area contributed by atoms with Crippen LogP contribution in [0.2, 0.25) is 0 Å². The van der Waals surface area contributed by atoms with Crippen LogP contribution < -0.4 is 5.32 Å². The van der Waals surface area contributed by atoms with E-state index in [2.05, 4.69) is 5.32 Å². The van der Waals surface area contributed by atoms with Crippen molar-refractivity contribution in [2.24, 2.45) is 0 Å². The number of halogens is 3. The summed E-state index contributed by atoms with van der Waals surface area (Å²) in [5.41, 5.74) is -0.318. The standard InChI is InChI=1S/C14H16F3NOS2/c15-10-5-6-11(14(17)13(10)16)18-12(19)4-2-1-3-9-7-8-20-21-9/h5-6,9H,1-4,7-8H2,(H,18,19)/t9-/m1/s1. The summed E-state index contributed by atoms with van der Waals surface area (Å²) in [4.78, 5) is 11.7. The van der Waals surface area contributed by atoms with Crippen molar-refractivity contribution in [2.45, 2.75) is 37.4 Å². The van der Waals surface area contributed by atoms with Gasteiger partial charge in [0.25, 0.3) is 0 Å². The van der Waals surface area contributed by atoms with Crippen LogP contribution in [0.1, 0.15) is 32.1 Å². The van der Waals surface area contributed by atoms with Gasteiger partial charge in [0.2, 0.25) is 5.91 Å². The first kappa shape index (κ1) is 16.5. The predicted octanol–water partition coefficient (Wildman–Crippen LogP) is 4.76. The predicted molar refractivity (Wildman–Crippen MR) is 81.9 cm³/mol. The number of anilines is 1. The lowest BCUT2D eigenvalue weighted by molar-refractivity contribution is -0.116. The fourth-order valence-corrected chi connectivity index (χ4v) is 5.08. The summed E-state index contributed by atoms with van der Waals surface area (Å²) in [5.74, 6) is -3.39. The minimum Gasteiger partial charge on any atom is -0.324 e. The number of hydrogen-bond donors (Lipinski definition) is 1. The molecule has 1 heterocycles. The third kappa shape index (κ3) is 4.85. The summed E-state index contributed by atoms with van der Waals surface area (Å²) in [6, 6.07) is 1.82. The van der Waals surface area contributed by atoms with Gasteiger partial charge in [0.15, 0.2) is 17.5 Å². The van der Waals surface area contributed by atoms with Crippen LogP contribution >= 0.6 is 21.6 Å². The Kier molecular flexibility index (Phi) is 6.29. The summed E-state index contributed by atoms with van der Waals surface area (Å²) >= 11 is 0. The Hall–Kier alpha value is -0.820. The maximum absolute atomic E-state index is 13.4. The second-order valence-corrected chi connectivity index (χ2v) is 7.63. The van der Waals surface area contributed by atoms with E-state index >= 15 is 0 Å². The van der Waals surface area contributed by atoms with Crippen molar-refractivity contribution in [1.29, 1.82) is 0 Å². The fourth-order valence-electron chi connectivity index (χ4n) is 2.06. The molecular weight excluding hydrogens is 319 g/mol. The zero-order valence-corrected chi connectivity index (χ0v) is 13.0. The highest BCUT2D eigenvalue weighted by molar-refractivity contribution is 8.77. The molecule has 0 spiro atoms. The van der Waals surface area contributed by atoms with Crippen molar-refractivity contribution in [3.63, 3.8) is 0 Å². The van der Waals surface area contributed by atoms with Gasteiger partial charge in [-0.15, -0.1) is 0 Å². The molecule has 0 saturated carbocycles. The molecule has 1 amide bonds. The number of amides is 1. The SMILES string of the molecule is O=C(CCCC[C@@H]1CCSS1)Nc1ccc(F)c(F)c1F. The third-order valence-electron chi connectivity index (χ3n) is 3.22. The van der Waals surface area contributed by atoms with E-state index in [1.807, 2.05) is 21.6 Å². The number of benzene rings is 1. The van der Waals surface area contributed by atoms with Crippen LogP contribution in [0.15, 0.2) is 12.1 Å². The molecule has 1 aliphatic heterocycles. The Morgan fingerprint density at radius 1 is 1.24 bits per heavy atom. The van der Waals surface area contributed by atoms with Gasteiger partial charge in [-0.25, -0.2) is 13.2 Å².